The fraction of sp³-hybridized carbons (Fsp3) is 0.154. The van der Waals surface area contributed by atoms with Gasteiger partial charge in [-0.05, 0) is 47.0 Å². The third-order valence-electron chi connectivity index (χ3n) is 2.43. The molecule has 0 aliphatic carbocycles. The van der Waals surface area contributed by atoms with Gasteiger partial charge in [-0.3, -0.25) is 0 Å². The fourth-order valence-corrected chi connectivity index (χ4v) is 3.12. The molecule has 1 N–H and O–H groups in total. The van der Waals surface area contributed by atoms with Gasteiger partial charge < -0.3 is 5.11 Å². The van der Waals surface area contributed by atoms with E-state index in [1.807, 2.05) is 24.4 Å². The molecular weight excluding hydrogens is 252 g/mol. The number of hydrogen-bond donors (Lipinski definition) is 1. The molecule has 1 aromatic carbocycles. The minimum Gasteiger partial charge on any atom is -0.478 e. The second-order valence-corrected chi connectivity index (χ2v) is 5.53. The summed E-state index contributed by atoms with van der Waals surface area (Å²) in [5.41, 5.74) is 2.47. The van der Waals surface area contributed by atoms with Gasteiger partial charge in [0.15, 0.2) is 0 Å². The molecule has 1 heterocycles. The van der Waals surface area contributed by atoms with Crippen LogP contribution in [0.15, 0.2) is 39.9 Å². The summed E-state index contributed by atoms with van der Waals surface area (Å²) < 4.78 is 0. The Labute approximate surface area is 108 Å². The Balaban J connectivity index is 2.11. The molecule has 1 aromatic heterocycles. The number of carboxylic acids is 1. The van der Waals surface area contributed by atoms with Gasteiger partial charge in [0, 0.05) is 10.6 Å². The van der Waals surface area contributed by atoms with Crippen molar-refractivity contribution in [3.05, 3.63) is 51.7 Å². The van der Waals surface area contributed by atoms with Crippen molar-refractivity contribution in [2.45, 2.75) is 17.6 Å². The van der Waals surface area contributed by atoms with Gasteiger partial charge in [0.1, 0.15) is 0 Å². The molecular formula is C13H12O2S2. The third kappa shape index (κ3) is 3.11. The summed E-state index contributed by atoms with van der Waals surface area (Å²) in [4.78, 5) is 12.0. The Morgan fingerprint density at radius 1 is 1.41 bits per heavy atom. The average Bonchev–Trinajstić information content (AvgIpc) is 2.80. The van der Waals surface area contributed by atoms with E-state index in [0.29, 0.717) is 5.56 Å². The maximum atomic E-state index is 11.0. The number of benzene rings is 1. The highest BCUT2D eigenvalue weighted by atomic mass is 32.2. The van der Waals surface area contributed by atoms with Crippen molar-refractivity contribution in [3.63, 3.8) is 0 Å². The van der Waals surface area contributed by atoms with E-state index in [1.54, 1.807) is 29.2 Å². The van der Waals surface area contributed by atoms with Crippen molar-refractivity contribution in [1.82, 2.24) is 0 Å². The van der Waals surface area contributed by atoms with Gasteiger partial charge in [0.25, 0.3) is 0 Å². The lowest BCUT2D eigenvalue weighted by Crippen LogP contribution is -1.99. The summed E-state index contributed by atoms with van der Waals surface area (Å²) in [6.45, 7) is 1.82. The molecule has 0 atom stereocenters. The Morgan fingerprint density at radius 3 is 2.88 bits per heavy atom. The number of carboxylic acid groups (broad SMARTS) is 1. The van der Waals surface area contributed by atoms with Crippen molar-refractivity contribution in [2.75, 3.05) is 0 Å². The molecule has 0 aliphatic rings. The SMILES string of the molecule is Cc1ccc(SCc2ccsc2)cc1C(=O)O. The smallest absolute Gasteiger partial charge is 0.335 e. The van der Waals surface area contributed by atoms with E-state index < -0.39 is 5.97 Å². The molecule has 2 aromatic rings. The zero-order chi connectivity index (χ0) is 12.3. The van der Waals surface area contributed by atoms with Crippen molar-refractivity contribution in [3.8, 4) is 0 Å². The van der Waals surface area contributed by atoms with Gasteiger partial charge >= 0.3 is 5.97 Å². The van der Waals surface area contributed by atoms with Gasteiger partial charge in [0.05, 0.1) is 5.56 Å². The van der Waals surface area contributed by atoms with Gasteiger partial charge in [-0.2, -0.15) is 11.3 Å². The van der Waals surface area contributed by atoms with Crippen LogP contribution in [0.2, 0.25) is 0 Å². The molecule has 2 rings (SSSR count). The molecule has 17 heavy (non-hydrogen) atoms. The molecule has 0 saturated heterocycles. The van der Waals surface area contributed by atoms with Crippen LogP contribution in [-0.2, 0) is 5.75 Å². The Bertz CT molecular complexity index is 518. The van der Waals surface area contributed by atoms with Crippen LogP contribution in [-0.4, -0.2) is 11.1 Å². The van der Waals surface area contributed by atoms with Crippen molar-refractivity contribution < 1.29 is 9.90 Å². The lowest BCUT2D eigenvalue weighted by molar-refractivity contribution is 0.0696. The molecule has 0 unspecified atom stereocenters. The molecule has 0 spiro atoms. The van der Waals surface area contributed by atoms with Crippen molar-refractivity contribution in [1.29, 1.82) is 0 Å². The first-order valence-corrected chi connectivity index (χ1v) is 7.07. The number of aromatic carboxylic acids is 1. The molecule has 88 valence electrons. The second-order valence-electron chi connectivity index (χ2n) is 3.70. The van der Waals surface area contributed by atoms with E-state index in [4.69, 9.17) is 5.11 Å². The lowest BCUT2D eigenvalue weighted by Gasteiger charge is -2.04. The van der Waals surface area contributed by atoms with Crippen LogP contribution < -0.4 is 0 Å². The molecule has 0 amide bonds. The highest BCUT2D eigenvalue weighted by Gasteiger charge is 2.08. The van der Waals surface area contributed by atoms with E-state index >= 15 is 0 Å². The van der Waals surface area contributed by atoms with Crippen LogP contribution >= 0.6 is 23.1 Å². The van der Waals surface area contributed by atoms with Crippen LogP contribution in [0, 0.1) is 6.92 Å². The van der Waals surface area contributed by atoms with E-state index in [0.717, 1.165) is 16.2 Å². The van der Waals surface area contributed by atoms with Crippen molar-refractivity contribution >= 4 is 29.1 Å². The second kappa shape index (κ2) is 5.38. The number of aryl methyl sites for hydroxylation is 1. The minimum atomic E-state index is -0.861. The predicted octanol–water partition coefficient (Wildman–Crippen LogP) is 4.05. The lowest BCUT2D eigenvalue weighted by atomic mass is 10.1. The maximum absolute atomic E-state index is 11.0. The highest BCUT2D eigenvalue weighted by molar-refractivity contribution is 7.98. The molecule has 0 radical (unpaired) electrons. The first-order valence-electron chi connectivity index (χ1n) is 5.14. The minimum absolute atomic E-state index is 0.389. The number of hydrogen-bond acceptors (Lipinski definition) is 3. The highest BCUT2D eigenvalue weighted by Crippen LogP contribution is 2.25. The molecule has 0 fully saturated rings. The van der Waals surface area contributed by atoms with Crippen molar-refractivity contribution in [2.24, 2.45) is 0 Å². The number of thioether (sulfide) groups is 1. The van der Waals surface area contributed by atoms with Crippen LogP contribution in [0.25, 0.3) is 0 Å². The molecule has 0 bridgehead atoms. The Hall–Kier alpha value is -1.26. The molecule has 4 heteroatoms. The zero-order valence-electron chi connectivity index (χ0n) is 9.34. The van der Waals surface area contributed by atoms with Crippen LogP contribution in [0.3, 0.4) is 0 Å². The monoisotopic (exact) mass is 264 g/mol. The maximum Gasteiger partial charge on any atom is 0.335 e. The average molecular weight is 264 g/mol. The van der Waals surface area contributed by atoms with E-state index in [9.17, 15) is 4.79 Å². The third-order valence-corrected chi connectivity index (χ3v) is 4.22. The summed E-state index contributed by atoms with van der Waals surface area (Å²) in [5.74, 6) is 0.0199. The first-order chi connectivity index (χ1) is 8.16. The molecule has 0 aliphatic heterocycles. The standard InChI is InChI=1S/C13H12O2S2/c1-9-2-3-11(6-12(9)13(14)15)17-8-10-4-5-16-7-10/h2-7H,8H2,1H3,(H,14,15). The summed E-state index contributed by atoms with van der Waals surface area (Å²) in [5, 5.41) is 13.2. The Kier molecular flexibility index (Phi) is 3.86. The van der Waals surface area contributed by atoms with Crippen LogP contribution in [0.1, 0.15) is 21.5 Å². The molecule has 0 saturated carbocycles. The number of rotatable bonds is 4. The molecule has 2 nitrogen and oxygen atoms in total. The zero-order valence-corrected chi connectivity index (χ0v) is 11.0. The predicted molar refractivity (Wildman–Crippen MR) is 72.0 cm³/mol. The summed E-state index contributed by atoms with van der Waals surface area (Å²) >= 11 is 3.34. The topological polar surface area (TPSA) is 37.3 Å². The number of carbonyl (C=O) groups is 1. The first kappa shape index (κ1) is 12.2. The van der Waals surface area contributed by atoms with Crippen LogP contribution in [0.4, 0.5) is 0 Å². The van der Waals surface area contributed by atoms with Gasteiger partial charge in [-0.1, -0.05) is 6.07 Å². The largest absolute Gasteiger partial charge is 0.478 e. The quantitative estimate of drug-likeness (QED) is 0.847. The fourth-order valence-electron chi connectivity index (χ4n) is 1.46. The summed E-state index contributed by atoms with van der Waals surface area (Å²) in [6.07, 6.45) is 0. The van der Waals surface area contributed by atoms with Crippen LogP contribution in [0.5, 0.6) is 0 Å². The van der Waals surface area contributed by atoms with Gasteiger partial charge in [-0.15, -0.1) is 11.8 Å². The van der Waals surface area contributed by atoms with E-state index in [2.05, 4.69) is 11.4 Å². The number of thiophene rings is 1. The van der Waals surface area contributed by atoms with Gasteiger partial charge in [-0.25, -0.2) is 4.79 Å². The summed E-state index contributed by atoms with van der Waals surface area (Å²) in [7, 11) is 0. The Morgan fingerprint density at radius 2 is 2.24 bits per heavy atom. The van der Waals surface area contributed by atoms with E-state index in [1.165, 1.54) is 5.56 Å². The normalized spacial score (nSPS) is 10.4. The van der Waals surface area contributed by atoms with Gasteiger partial charge in [0.2, 0.25) is 0 Å². The van der Waals surface area contributed by atoms with E-state index in [-0.39, 0.29) is 0 Å². The summed E-state index contributed by atoms with van der Waals surface area (Å²) in [6, 6.07) is 7.66.